The van der Waals surface area contributed by atoms with Crippen LogP contribution in [0.15, 0.2) is 0 Å². The molecule has 1 aliphatic heterocycles. The third kappa shape index (κ3) is 3.43. The number of carbonyl (C=O) groups excluding carboxylic acids is 1. The third-order valence-electron chi connectivity index (χ3n) is 2.86. The van der Waals surface area contributed by atoms with Crippen LogP contribution >= 0.6 is 12.2 Å². The molecule has 3 N–H and O–H groups in total. The zero-order valence-corrected chi connectivity index (χ0v) is 9.97. The predicted octanol–water partition coefficient (Wildman–Crippen LogP) is 0.450. The van der Waals surface area contributed by atoms with E-state index in [0.717, 1.165) is 19.6 Å². The fourth-order valence-corrected chi connectivity index (χ4v) is 1.65. The number of hydrogen-bond donors (Lipinski definition) is 2. The predicted molar refractivity (Wildman–Crippen MR) is 62.5 cm³/mol. The van der Waals surface area contributed by atoms with Gasteiger partial charge in [-0.3, -0.25) is 4.79 Å². The van der Waals surface area contributed by atoms with Crippen molar-refractivity contribution in [3.05, 3.63) is 0 Å². The molecule has 0 radical (unpaired) electrons. The summed E-state index contributed by atoms with van der Waals surface area (Å²) in [6, 6.07) is 0.122. The number of rotatable bonds is 4. The molecule has 0 aromatic rings. The standard InChI is InChI=1S/C10H18N2O2S/c1-6(9(11)15)10(13)12-7(2)8-3-4-14-5-8/h6-8H,3-5H2,1-2H3,(H2,11,15)(H,12,13). The highest BCUT2D eigenvalue weighted by molar-refractivity contribution is 7.80. The van der Waals surface area contributed by atoms with E-state index in [9.17, 15) is 4.79 Å². The number of nitrogens with one attached hydrogen (secondary N) is 1. The first-order valence-electron chi connectivity index (χ1n) is 5.19. The highest BCUT2D eigenvalue weighted by Crippen LogP contribution is 2.16. The Morgan fingerprint density at radius 3 is 2.73 bits per heavy atom. The maximum atomic E-state index is 11.6. The quantitative estimate of drug-likeness (QED) is 0.688. The molecule has 0 aromatic heterocycles. The molecule has 0 bridgehead atoms. The van der Waals surface area contributed by atoms with Crippen LogP contribution in [-0.4, -0.2) is 30.2 Å². The Kier molecular flexibility index (Phi) is 4.47. The summed E-state index contributed by atoms with van der Waals surface area (Å²) < 4.78 is 5.27. The van der Waals surface area contributed by atoms with Crippen molar-refractivity contribution in [2.75, 3.05) is 13.2 Å². The number of ether oxygens (including phenoxy) is 1. The summed E-state index contributed by atoms with van der Waals surface area (Å²) in [5.74, 6) is -0.0841. The smallest absolute Gasteiger partial charge is 0.229 e. The Morgan fingerprint density at radius 2 is 2.27 bits per heavy atom. The lowest BCUT2D eigenvalue weighted by atomic mass is 10.00. The molecular formula is C10H18N2O2S. The molecular weight excluding hydrogens is 212 g/mol. The summed E-state index contributed by atoms with van der Waals surface area (Å²) in [6.45, 7) is 5.22. The lowest BCUT2D eigenvalue weighted by Crippen LogP contribution is -2.43. The van der Waals surface area contributed by atoms with E-state index < -0.39 is 5.92 Å². The van der Waals surface area contributed by atoms with Crippen molar-refractivity contribution in [2.24, 2.45) is 17.6 Å². The van der Waals surface area contributed by atoms with E-state index in [-0.39, 0.29) is 16.9 Å². The van der Waals surface area contributed by atoms with Gasteiger partial charge in [0.25, 0.3) is 0 Å². The van der Waals surface area contributed by atoms with Gasteiger partial charge in [0.1, 0.15) is 0 Å². The van der Waals surface area contributed by atoms with Gasteiger partial charge < -0.3 is 15.8 Å². The first-order valence-corrected chi connectivity index (χ1v) is 5.60. The Morgan fingerprint density at radius 1 is 1.60 bits per heavy atom. The van der Waals surface area contributed by atoms with E-state index in [0.29, 0.717) is 5.92 Å². The summed E-state index contributed by atoms with van der Waals surface area (Å²) in [6.07, 6.45) is 1.00. The first kappa shape index (κ1) is 12.4. The highest BCUT2D eigenvalue weighted by Gasteiger charge is 2.25. The molecule has 4 nitrogen and oxygen atoms in total. The summed E-state index contributed by atoms with van der Waals surface area (Å²) in [5.41, 5.74) is 5.41. The van der Waals surface area contributed by atoms with Crippen LogP contribution in [0.3, 0.4) is 0 Å². The van der Waals surface area contributed by atoms with Gasteiger partial charge in [0.05, 0.1) is 17.5 Å². The molecule has 0 spiro atoms. The fourth-order valence-electron chi connectivity index (χ4n) is 1.54. The van der Waals surface area contributed by atoms with Crippen molar-refractivity contribution in [2.45, 2.75) is 26.3 Å². The molecule has 0 saturated carbocycles. The van der Waals surface area contributed by atoms with Crippen LogP contribution in [-0.2, 0) is 9.53 Å². The molecule has 1 rings (SSSR count). The minimum Gasteiger partial charge on any atom is -0.393 e. The molecule has 1 amide bonds. The SMILES string of the molecule is CC(C(=O)NC(C)C1CCOC1)C(N)=S. The number of carbonyl (C=O) groups is 1. The van der Waals surface area contributed by atoms with Gasteiger partial charge in [-0.25, -0.2) is 0 Å². The minimum absolute atomic E-state index is 0.0955. The second-order valence-electron chi connectivity index (χ2n) is 4.04. The van der Waals surface area contributed by atoms with Gasteiger partial charge in [0.2, 0.25) is 5.91 Å². The summed E-state index contributed by atoms with van der Waals surface area (Å²) in [5, 5.41) is 2.92. The first-order chi connectivity index (χ1) is 7.02. The van der Waals surface area contributed by atoms with Gasteiger partial charge in [0.15, 0.2) is 0 Å². The van der Waals surface area contributed by atoms with Crippen LogP contribution in [0.25, 0.3) is 0 Å². The van der Waals surface area contributed by atoms with Gasteiger partial charge in [-0.2, -0.15) is 0 Å². The molecule has 5 heteroatoms. The van der Waals surface area contributed by atoms with Gasteiger partial charge >= 0.3 is 0 Å². The minimum atomic E-state index is -0.398. The van der Waals surface area contributed by atoms with Crippen molar-refractivity contribution in [3.63, 3.8) is 0 Å². The maximum absolute atomic E-state index is 11.6. The molecule has 1 fully saturated rings. The van der Waals surface area contributed by atoms with Crippen LogP contribution < -0.4 is 11.1 Å². The van der Waals surface area contributed by atoms with E-state index in [1.54, 1.807) is 6.92 Å². The number of nitrogens with two attached hydrogens (primary N) is 1. The summed E-state index contributed by atoms with van der Waals surface area (Å²) in [7, 11) is 0. The molecule has 3 atom stereocenters. The van der Waals surface area contributed by atoms with Crippen LogP contribution in [0.5, 0.6) is 0 Å². The van der Waals surface area contributed by atoms with E-state index >= 15 is 0 Å². The van der Waals surface area contributed by atoms with Crippen molar-refractivity contribution in [3.8, 4) is 0 Å². The summed E-state index contributed by atoms with van der Waals surface area (Å²) in [4.78, 5) is 11.9. The Hall–Kier alpha value is -0.680. The molecule has 0 aliphatic carbocycles. The van der Waals surface area contributed by atoms with Crippen molar-refractivity contribution < 1.29 is 9.53 Å². The second-order valence-corrected chi connectivity index (χ2v) is 4.52. The lowest BCUT2D eigenvalue weighted by Gasteiger charge is -2.21. The zero-order chi connectivity index (χ0) is 11.4. The van der Waals surface area contributed by atoms with E-state index in [1.807, 2.05) is 6.92 Å². The maximum Gasteiger partial charge on any atom is 0.229 e. The molecule has 86 valence electrons. The van der Waals surface area contributed by atoms with Crippen molar-refractivity contribution >= 4 is 23.1 Å². The van der Waals surface area contributed by atoms with Crippen LogP contribution in [0, 0.1) is 11.8 Å². The highest BCUT2D eigenvalue weighted by atomic mass is 32.1. The molecule has 1 heterocycles. The van der Waals surface area contributed by atoms with Crippen LogP contribution in [0.4, 0.5) is 0 Å². The largest absolute Gasteiger partial charge is 0.393 e. The van der Waals surface area contributed by atoms with Gasteiger partial charge in [0, 0.05) is 18.6 Å². The van der Waals surface area contributed by atoms with Gasteiger partial charge in [-0.15, -0.1) is 0 Å². The number of thiocarbonyl (C=S) groups is 1. The molecule has 1 aliphatic rings. The Bertz CT molecular complexity index is 252. The van der Waals surface area contributed by atoms with Gasteiger partial charge in [-0.1, -0.05) is 12.2 Å². The third-order valence-corrected chi connectivity index (χ3v) is 3.22. The van der Waals surface area contributed by atoms with Crippen molar-refractivity contribution in [1.29, 1.82) is 0 Å². The van der Waals surface area contributed by atoms with Crippen LogP contribution in [0.2, 0.25) is 0 Å². The number of amides is 1. The zero-order valence-electron chi connectivity index (χ0n) is 9.16. The molecule has 15 heavy (non-hydrogen) atoms. The van der Waals surface area contributed by atoms with E-state index in [4.69, 9.17) is 22.7 Å². The molecule has 3 unspecified atom stereocenters. The Labute approximate surface area is 95.5 Å². The Balaban J connectivity index is 2.39. The second kappa shape index (κ2) is 5.42. The van der Waals surface area contributed by atoms with Gasteiger partial charge in [-0.05, 0) is 20.3 Å². The van der Waals surface area contributed by atoms with Crippen LogP contribution in [0.1, 0.15) is 20.3 Å². The fraction of sp³-hybridized carbons (Fsp3) is 0.800. The normalized spacial score (nSPS) is 24.5. The molecule has 0 aromatic carbocycles. The van der Waals surface area contributed by atoms with E-state index in [1.165, 1.54) is 0 Å². The lowest BCUT2D eigenvalue weighted by molar-refractivity contribution is -0.123. The van der Waals surface area contributed by atoms with E-state index in [2.05, 4.69) is 5.32 Å². The summed E-state index contributed by atoms with van der Waals surface area (Å²) >= 11 is 4.77. The average Bonchev–Trinajstić information content (AvgIpc) is 2.68. The monoisotopic (exact) mass is 230 g/mol. The average molecular weight is 230 g/mol. The topological polar surface area (TPSA) is 64.3 Å². The number of hydrogen-bond acceptors (Lipinski definition) is 3. The molecule has 1 saturated heterocycles. The van der Waals surface area contributed by atoms with Crippen molar-refractivity contribution in [1.82, 2.24) is 5.32 Å².